The summed E-state index contributed by atoms with van der Waals surface area (Å²) >= 11 is 0. The Morgan fingerprint density at radius 2 is 0.862 bits per heavy atom. The predicted molar refractivity (Wildman–Crippen MR) is 237 cm³/mol. The van der Waals surface area contributed by atoms with E-state index < -0.39 is 0 Å². The van der Waals surface area contributed by atoms with E-state index in [0.717, 1.165) is 93.6 Å². The Morgan fingerprint density at radius 3 is 1.64 bits per heavy atom. The molecular formula is C53H31N3O2. The Morgan fingerprint density at radius 1 is 0.293 bits per heavy atom. The Balaban J connectivity index is 1.10. The van der Waals surface area contributed by atoms with E-state index in [1.54, 1.807) is 0 Å². The summed E-state index contributed by atoms with van der Waals surface area (Å²) < 4.78 is 13.1. The van der Waals surface area contributed by atoms with E-state index in [0.29, 0.717) is 17.5 Å². The van der Waals surface area contributed by atoms with Gasteiger partial charge < -0.3 is 8.83 Å². The molecule has 0 bridgehead atoms. The third-order valence-electron chi connectivity index (χ3n) is 11.3. The first-order chi connectivity index (χ1) is 28.7. The fraction of sp³-hybridized carbons (Fsp3) is 0. The lowest BCUT2D eigenvalue weighted by molar-refractivity contribution is 0.669. The second kappa shape index (κ2) is 12.8. The lowest BCUT2D eigenvalue weighted by atomic mass is 9.94. The Bertz CT molecular complexity index is 3570. The first kappa shape index (κ1) is 32.4. The molecule has 5 heteroatoms. The summed E-state index contributed by atoms with van der Waals surface area (Å²) in [4.78, 5) is 15.8. The van der Waals surface area contributed by atoms with Crippen LogP contribution < -0.4 is 0 Å². The minimum absolute atomic E-state index is 0.561. The van der Waals surface area contributed by atoms with Crippen LogP contribution in [0.25, 0.3) is 122 Å². The summed E-state index contributed by atoms with van der Waals surface area (Å²) in [6.45, 7) is 0. The lowest BCUT2D eigenvalue weighted by Gasteiger charge is -2.11. The maximum atomic E-state index is 6.74. The highest BCUT2D eigenvalue weighted by molar-refractivity contribution is 6.22. The van der Waals surface area contributed by atoms with Gasteiger partial charge in [0.25, 0.3) is 0 Å². The van der Waals surface area contributed by atoms with Crippen molar-refractivity contribution >= 4 is 65.4 Å². The van der Waals surface area contributed by atoms with Gasteiger partial charge >= 0.3 is 0 Å². The van der Waals surface area contributed by atoms with Gasteiger partial charge in [-0.3, -0.25) is 0 Å². The molecule has 0 radical (unpaired) electrons. The molecule has 0 atom stereocenters. The van der Waals surface area contributed by atoms with Crippen LogP contribution in [0.2, 0.25) is 0 Å². The van der Waals surface area contributed by atoms with Crippen molar-refractivity contribution in [3.8, 4) is 56.4 Å². The number of hydrogen-bond donors (Lipinski definition) is 0. The van der Waals surface area contributed by atoms with Crippen LogP contribution in [0.3, 0.4) is 0 Å². The highest BCUT2D eigenvalue weighted by Crippen LogP contribution is 2.43. The SMILES string of the molecule is c1ccc(-c2cc3c(oc4cccc(-c5nc(-c6ccc(-c7ccc8ccccc8c7)cc6)nc(-c6cccc7oc8ccccc8c67)n5)c43)c3ccccc23)cc1. The number of furan rings is 2. The number of aromatic nitrogens is 3. The van der Waals surface area contributed by atoms with Gasteiger partial charge in [-0.1, -0.05) is 158 Å². The summed E-state index contributed by atoms with van der Waals surface area (Å²) in [7, 11) is 0. The number of rotatable bonds is 5. The van der Waals surface area contributed by atoms with E-state index in [1.165, 1.54) is 10.8 Å². The molecule has 3 aromatic heterocycles. The van der Waals surface area contributed by atoms with Crippen molar-refractivity contribution in [3.05, 3.63) is 188 Å². The van der Waals surface area contributed by atoms with E-state index in [2.05, 4.69) is 146 Å². The number of benzene rings is 9. The van der Waals surface area contributed by atoms with Crippen molar-refractivity contribution in [1.29, 1.82) is 0 Å². The topological polar surface area (TPSA) is 65.0 Å². The molecule has 5 nitrogen and oxygen atoms in total. The van der Waals surface area contributed by atoms with Gasteiger partial charge in [-0.2, -0.15) is 0 Å². The fourth-order valence-corrected chi connectivity index (χ4v) is 8.58. The van der Waals surface area contributed by atoms with Gasteiger partial charge in [-0.25, -0.2) is 15.0 Å². The van der Waals surface area contributed by atoms with Gasteiger partial charge in [-0.15, -0.1) is 0 Å². The molecule has 0 fully saturated rings. The van der Waals surface area contributed by atoms with Crippen LogP contribution in [-0.4, -0.2) is 15.0 Å². The predicted octanol–water partition coefficient (Wildman–Crippen LogP) is 14.3. The van der Waals surface area contributed by atoms with E-state index >= 15 is 0 Å². The zero-order valence-electron chi connectivity index (χ0n) is 31.1. The maximum absolute atomic E-state index is 6.74. The molecule has 0 spiro atoms. The molecule has 3 heterocycles. The van der Waals surface area contributed by atoms with Gasteiger partial charge in [0.05, 0.1) is 0 Å². The monoisotopic (exact) mass is 741 g/mol. The highest BCUT2D eigenvalue weighted by Gasteiger charge is 2.22. The van der Waals surface area contributed by atoms with Crippen LogP contribution in [0, 0.1) is 0 Å². The molecule has 0 aliphatic heterocycles. The number of nitrogens with zero attached hydrogens (tertiary/aromatic N) is 3. The third-order valence-corrected chi connectivity index (χ3v) is 11.3. The normalized spacial score (nSPS) is 11.8. The van der Waals surface area contributed by atoms with Gasteiger partial charge in [0.2, 0.25) is 0 Å². The number of hydrogen-bond acceptors (Lipinski definition) is 5. The van der Waals surface area contributed by atoms with Crippen molar-refractivity contribution in [1.82, 2.24) is 15.0 Å². The largest absolute Gasteiger partial charge is 0.456 e. The average molecular weight is 742 g/mol. The molecule has 9 aromatic carbocycles. The lowest BCUT2D eigenvalue weighted by Crippen LogP contribution is -2.00. The van der Waals surface area contributed by atoms with Crippen LogP contribution in [-0.2, 0) is 0 Å². The molecule has 0 amide bonds. The van der Waals surface area contributed by atoms with Gasteiger partial charge in [-0.05, 0) is 68.7 Å². The summed E-state index contributed by atoms with van der Waals surface area (Å²) in [5.74, 6) is 1.71. The van der Waals surface area contributed by atoms with Crippen molar-refractivity contribution in [3.63, 3.8) is 0 Å². The minimum atomic E-state index is 0.561. The zero-order chi connectivity index (χ0) is 38.2. The van der Waals surface area contributed by atoms with Gasteiger partial charge in [0, 0.05) is 43.6 Å². The van der Waals surface area contributed by atoms with Gasteiger partial charge in [0.15, 0.2) is 17.5 Å². The molecule has 0 N–H and O–H groups in total. The molecule has 0 saturated carbocycles. The smallest absolute Gasteiger partial charge is 0.164 e. The van der Waals surface area contributed by atoms with Crippen LogP contribution in [0.4, 0.5) is 0 Å². The van der Waals surface area contributed by atoms with E-state index in [1.807, 2.05) is 42.5 Å². The Hall–Kier alpha value is -7.89. The second-order valence-electron chi connectivity index (χ2n) is 14.7. The molecule has 12 rings (SSSR count). The molecule has 0 aliphatic carbocycles. The quantitative estimate of drug-likeness (QED) is 0.176. The van der Waals surface area contributed by atoms with Crippen LogP contribution in [0.1, 0.15) is 0 Å². The molecule has 0 saturated heterocycles. The number of para-hydroxylation sites is 1. The third kappa shape index (κ3) is 5.14. The zero-order valence-corrected chi connectivity index (χ0v) is 31.1. The fourth-order valence-electron chi connectivity index (χ4n) is 8.58. The van der Waals surface area contributed by atoms with Crippen LogP contribution in [0.15, 0.2) is 197 Å². The summed E-state index contributed by atoms with van der Waals surface area (Å²) in [5.41, 5.74) is 10.4. The van der Waals surface area contributed by atoms with Crippen molar-refractivity contribution in [2.24, 2.45) is 0 Å². The minimum Gasteiger partial charge on any atom is -0.456 e. The van der Waals surface area contributed by atoms with Gasteiger partial charge in [0.1, 0.15) is 22.3 Å². The van der Waals surface area contributed by atoms with Crippen LogP contribution >= 0.6 is 0 Å². The van der Waals surface area contributed by atoms with Crippen molar-refractivity contribution in [2.45, 2.75) is 0 Å². The molecule has 0 aliphatic rings. The highest BCUT2D eigenvalue weighted by atomic mass is 16.3. The van der Waals surface area contributed by atoms with E-state index in [4.69, 9.17) is 23.8 Å². The summed E-state index contributed by atoms with van der Waals surface area (Å²) in [5, 5.41) is 8.58. The van der Waals surface area contributed by atoms with E-state index in [-0.39, 0.29) is 0 Å². The molecule has 12 aromatic rings. The molecule has 58 heavy (non-hydrogen) atoms. The molecular weight excluding hydrogens is 711 g/mol. The van der Waals surface area contributed by atoms with Crippen molar-refractivity contribution in [2.75, 3.05) is 0 Å². The maximum Gasteiger partial charge on any atom is 0.164 e. The Kier molecular flexibility index (Phi) is 7.16. The van der Waals surface area contributed by atoms with Crippen molar-refractivity contribution < 1.29 is 8.83 Å². The summed E-state index contributed by atoms with van der Waals surface area (Å²) in [6, 6.07) is 65.1. The first-order valence-electron chi connectivity index (χ1n) is 19.4. The average Bonchev–Trinajstić information content (AvgIpc) is 3.88. The number of fused-ring (bicyclic) bond motifs is 9. The molecule has 270 valence electrons. The summed E-state index contributed by atoms with van der Waals surface area (Å²) in [6.07, 6.45) is 0. The van der Waals surface area contributed by atoms with Crippen LogP contribution in [0.5, 0.6) is 0 Å². The standard InChI is InChI=1S/C53H31N3O2/c1-2-13-34(14-3-1)43-31-44-49-42(20-11-23-47(49)58-50(44)39-17-7-6-16-38(39)43)53-55-51(35-27-24-33(25-28-35)37-29-26-32-12-4-5-15-36(32)30-37)54-52(56-53)41-19-10-22-46-48(41)40-18-8-9-21-45(40)57-46/h1-31H. The Labute approximate surface area is 332 Å². The molecule has 0 unspecified atom stereocenters. The van der Waals surface area contributed by atoms with E-state index in [9.17, 15) is 0 Å². The first-order valence-corrected chi connectivity index (χ1v) is 19.4. The second-order valence-corrected chi connectivity index (χ2v) is 14.7.